The average molecular weight is 217 g/mol. The Bertz CT molecular complexity index is 290. The van der Waals surface area contributed by atoms with E-state index in [0.717, 1.165) is 43.6 Å². The molecular formula is C11H14F3N. The van der Waals surface area contributed by atoms with Crippen molar-refractivity contribution in [1.82, 2.24) is 4.98 Å². The van der Waals surface area contributed by atoms with Gasteiger partial charge in [-0.05, 0) is 25.0 Å². The molecule has 0 atom stereocenters. The minimum atomic E-state index is -4.28. The first-order chi connectivity index (χ1) is 7.04. The van der Waals surface area contributed by atoms with E-state index in [0.29, 0.717) is 0 Å². The Morgan fingerprint density at radius 3 is 2.40 bits per heavy atom. The van der Waals surface area contributed by atoms with E-state index in [9.17, 15) is 13.2 Å². The third-order valence-electron chi connectivity index (χ3n) is 2.19. The van der Waals surface area contributed by atoms with Gasteiger partial charge >= 0.3 is 6.18 Å². The molecule has 0 saturated heterocycles. The van der Waals surface area contributed by atoms with Gasteiger partial charge in [0.2, 0.25) is 0 Å². The number of aromatic nitrogens is 1. The van der Waals surface area contributed by atoms with E-state index in [1.165, 1.54) is 6.07 Å². The Morgan fingerprint density at radius 2 is 1.93 bits per heavy atom. The van der Waals surface area contributed by atoms with Crippen LogP contribution in [0.3, 0.4) is 0 Å². The maximum atomic E-state index is 12.2. The van der Waals surface area contributed by atoms with Gasteiger partial charge in [-0.15, -0.1) is 0 Å². The molecule has 15 heavy (non-hydrogen) atoms. The molecule has 0 aliphatic rings. The molecule has 0 N–H and O–H groups in total. The van der Waals surface area contributed by atoms with Crippen molar-refractivity contribution >= 4 is 0 Å². The molecule has 0 aliphatic heterocycles. The molecule has 0 aliphatic carbocycles. The van der Waals surface area contributed by atoms with E-state index < -0.39 is 11.7 Å². The van der Waals surface area contributed by atoms with Gasteiger partial charge in [0.05, 0.1) is 5.56 Å². The van der Waals surface area contributed by atoms with E-state index in [1.54, 1.807) is 0 Å². The first-order valence-electron chi connectivity index (χ1n) is 5.06. The Labute approximate surface area is 87.3 Å². The second-order valence-corrected chi connectivity index (χ2v) is 3.49. The van der Waals surface area contributed by atoms with Gasteiger partial charge in [0, 0.05) is 11.9 Å². The van der Waals surface area contributed by atoms with Gasteiger partial charge in [-0.3, -0.25) is 4.98 Å². The molecule has 0 amide bonds. The molecule has 0 spiro atoms. The van der Waals surface area contributed by atoms with Crippen LogP contribution in [0.2, 0.25) is 0 Å². The Morgan fingerprint density at radius 1 is 1.20 bits per heavy atom. The van der Waals surface area contributed by atoms with Crippen LogP contribution in [0.1, 0.15) is 37.4 Å². The second kappa shape index (κ2) is 5.14. The van der Waals surface area contributed by atoms with Crippen LogP contribution in [0.25, 0.3) is 0 Å². The molecule has 1 heterocycles. The van der Waals surface area contributed by atoms with E-state index in [-0.39, 0.29) is 0 Å². The highest BCUT2D eigenvalue weighted by Crippen LogP contribution is 2.28. The summed E-state index contributed by atoms with van der Waals surface area (Å²) in [4.78, 5) is 3.80. The molecule has 1 nitrogen and oxygen atoms in total. The lowest BCUT2D eigenvalue weighted by Crippen LogP contribution is -2.05. The molecule has 0 aromatic carbocycles. The molecule has 0 fully saturated rings. The SMILES string of the molecule is CCCCCc1ccc(C(F)(F)F)cn1. The van der Waals surface area contributed by atoms with Crippen molar-refractivity contribution in [3.8, 4) is 0 Å². The van der Waals surface area contributed by atoms with E-state index in [2.05, 4.69) is 11.9 Å². The zero-order chi connectivity index (χ0) is 11.3. The summed E-state index contributed by atoms with van der Waals surface area (Å²) in [5.74, 6) is 0. The van der Waals surface area contributed by atoms with Crippen molar-refractivity contribution in [3.05, 3.63) is 29.6 Å². The van der Waals surface area contributed by atoms with Gasteiger partial charge in [-0.1, -0.05) is 19.8 Å². The van der Waals surface area contributed by atoms with Gasteiger partial charge in [0.1, 0.15) is 0 Å². The molecule has 1 aromatic rings. The highest BCUT2D eigenvalue weighted by atomic mass is 19.4. The average Bonchev–Trinajstić information content (AvgIpc) is 2.18. The van der Waals surface area contributed by atoms with Crippen molar-refractivity contribution in [2.75, 3.05) is 0 Å². The summed E-state index contributed by atoms with van der Waals surface area (Å²) in [7, 11) is 0. The van der Waals surface area contributed by atoms with E-state index >= 15 is 0 Å². The molecule has 0 saturated carbocycles. The van der Waals surface area contributed by atoms with Crippen molar-refractivity contribution in [3.63, 3.8) is 0 Å². The normalized spacial score (nSPS) is 11.7. The molecule has 0 unspecified atom stereocenters. The molecule has 4 heteroatoms. The molecule has 1 aromatic heterocycles. The Kier molecular flexibility index (Phi) is 4.12. The topological polar surface area (TPSA) is 12.9 Å². The fourth-order valence-corrected chi connectivity index (χ4v) is 1.30. The lowest BCUT2D eigenvalue weighted by atomic mass is 10.1. The number of hydrogen-bond donors (Lipinski definition) is 0. The van der Waals surface area contributed by atoms with Gasteiger partial charge in [-0.25, -0.2) is 0 Å². The van der Waals surface area contributed by atoms with Gasteiger partial charge in [0.25, 0.3) is 0 Å². The van der Waals surface area contributed by atoms with E-state index in [4.69, 9.17) is 0 Å². The summed E-state index contributed by atoms with van der Waals surface area (Å²) >= 11 is 0. The third kappa shape index (κ3) is 3.90. The number of nitrogens with zero attached hydrogens (tertiary/aromatic N) is 1. The largest absolute Gasteiger partial charge is 0.417 e. The standard InChI is InChI=1S/C11H14F3N/c1-2-3-4-5-10-7-6-9(8-15-10)11(12,13)14/h6-8H,2-5H2,1H3. The molecular weight excluding hydrogens is 203 g/mol. The Hall–Kier alpha value is -1.06. The second-order valence-electron chi connectivity index (χ2n) is 3.49. The van der Waals surface area contributed by atoms with Crippen molar-refractivity contribution < 1.29 is 13.2 Å². The summed E-state index contributed by atoms with van der Waals surface area (Å²) in [6.07, 6.45) is 0.542. The minimum absolute atomic E-state index is 0.679. The lowest BCUT2D eigenvalue weighted by molar-refractivity contribution is -0.137. The van der Waals surface area contributed by atoms with Crippen LogP contribution in [0.4, 0.5) is 13.2 Å². The Balaban J connectivity index is 2.57. The third-order valence-corrected chi connectivity index (χ3v) is 2.19. The predicted octanol–water partition coefficient (Wildman–Crippen LogP) is 3.83. The first kappa shape index (κ1) is 12.0. The maximum Gasteiger partial charge on any atom is 0.417 e. The summed E-state index contributed by atoms with van der Waals surface area (Å²) in [6, 6.07) is 2.55. The zero-order valence-electron chi connectivity index (χ0n) is 8.64. The van der Waals surface area contributed by atoms with E-state index in [1.807, 2.05) is 0 Å². The number of hydrogen-bond acceptors (Lipinski definition) is 1. The van der Waals surface area contributed by atoms with Crippen LogP contribution in [0, 0.1) is 0 Å². The smallest absolute Gasteiger partial charge is 0.261 e. The summed E-state index contributed by atoms with van der Waals surface area (Å²) in [5.41, 5.74) is 0.0539. The highest BCUT2D eigenvalue weighted by molar-refractivity contribution is 5.16. The van der Waals surface area contributed by atoms with Gasteiger partial charge in [-0.2, -0.15) is 13.2 Å². The predicted molar refractivity (Wildman–Crippen MR) is 52.5 cm³/mol. The summed E-state index contributed by atoms with van der Waals surface area (Å²) < 4.78 is 36.6. The fraction of sp³-hybridized carbons (Fsp3) is 0.545. The number of aryl methyl sites for hydroxylation is 1. The number of halogens is 3. The summed E-state index contributed by atoms with van der Waals surface area (Å²) in [5, 5.41) is 0. The number of alkyl halides is 3. The molecule has 0 bridgehead atoms. The number of pyridine rings is 1. The summed E-state index contributed by atoms with van der Waals surface area (Å²) in [6.45, 7) is 2.08. The monoisotopic (exact) mass is 217 g/mol. The van der Waals surface area contributed by atoms with Crippen LogP contribution < -0.4 is 0 Å². The minimum Gasteiger partial charge on any atom is -0.261 e. The van der Waals surface area contributed by atoms with Crippen LogP contribution in [-0.4, -0.2) is 4.98 Å². The molecule has 0 radical (unpaired) electrons. The van der Waals surface area contributed by atoms with Crippen LogP contribution in [0.5, 0.6) is 0 Å². The zero-order valence-corrected chi connectivity index (χ0v) is 8.64. The first-order valence-corrected chi connectivity index (χ1v) is 5.06. The van der Waals surface area contributed by atoms with Crippen molar-refractivity contribution in [2.24, 2.45) is 0 Å². The van der Waals surface area contributed by atoms with Gasteiger partial charge < -0.3 is 0 Å². The van der Waals surface area contributed by atoms with Crippen LogP contribution in [0.15, 0.2) is 18.3 Å². The van der Waals surface area contributed by atoms with Crippen molar-refractivity contribution in [1.29, 1.82) is 0 Å². The lowest BCUT2D eigenvalue weighted by Gasteiger charge is -2.06. The fourth-order valence-electron chi connectivity index (χ4n) is 1.30. The molecule has 84 valence electrons. The number of unbranched alkanes of at least 4 members (excludes halogenated alkanes) is 2. The van der Waals surface area contributed by atoms with Crippen molar-refractivity contribution in [2.45, 2.75) is 38.8 Å². The maximum absolute atomic E-state index is 12.2. The highest BCUT2D eigenvalue weighted by Gasteiger charge is 2.30. The quantitative estimate of drug-likeness (QED) is 0.698. The molecule has 1 rings (SSSR count). The van der Waals surface area contributed by atoms with Crippen LogP contribution in [-0.2, 0) is 12.6 Å². The van der Waals surface area contributed by atoms with Crippen LogP contribution >= 0.6 is 0 Å². The number of rotatable bonds is 4. The van der Waals surface area contributed by atoms with Gasteiger partial charge in [0.15, 0.2) is 0 Å².